The molecule has 0 bridgehead atoms. The molecule has 2 aromatic rings. The zero-order chi connectivity index (χ0) is 13.9. The molecule has 1 aliphatic rings. The van der Waals surface area contributed by atoms with Crippen LogP contribution in [0.1, 0.15) is 35.4 Å². The highest BCUT2D eigenvalue weighted by Crippen LogP contribution is 2.17. The van der Waals surface area contributed by atoms with Gasteiger partial charge in [0.1, 0.15) is 11.4 Å². The van der Waals surface area contributed by atoms with Crippen molar-refractivity contribution < 1.29 is 4.74 Å². The van der Waals surface area contributed by atoms with Gasteiger partial charge in [0, 0.05) is 17.7 Å². The van der Waals surface area contributed by atoms with E-state index >= 15 is 0 Å². The molecule has 0 fully saturated rings. The summed E-state index contributed by atoms with van der Waals surface area (Å²) in [5.74, 6) is 0.820. The summed E-state index contributed by atoms with van der Waals surface area (Å²) in [5.41, 5.74) is 3.76. The molecule has 0 amide bonds. The van der Waals surface area contributed by atoms with Crippen LogP contribution >= 0.6 is 0 Å². The molecule has 3 rings (SSSR count). The molecule has 1 aliphatic carbocycles. The van der Waals surface area contributed by atoms with Crippen molar-refractivity contribution in [1.29, 1.82) is 0 Å². The normalized spacial score (nSPS) is 13.8. The number of hydrogen-bond acceptors (Lipinski definition) is 3. The Morgan fingerprint density at radius 1 is 1.20 bits per heavy atom. The summed E-state index contributed by atoms with van der Waals surface area (Å²) in [6, 6.07) is 7.75. The van der Waals surface area contributed by atoms with Crippen molar-refractivity contribution in [3.8, 4) is 5.75 Å². The van der Waals surface area contributed by atoms with Gasteiger partial charge < -0.3 is 4.74 Å². The molecule has 0 aliphatic heterocycles. The highest BCUT2D eigenvalue weighted by Gasteiger charge is 2.16. The van der Waals surface area contributed by atoms with Crippen LogP contribution in [0.25, 0.3) is 0 Å². The minimum atomic E-state index is 0.120. The SMILES string of the molecule is COc1ccc(Cc2n[nH]c3c(c2=O)CCCC3)cc1. The Morgan fingerprint density at radius 2 is 1.95 bits per heavy atom. The second-order valence-electron chi connectivity index (χ2n) is 5.19. The highest BCUT2D eigenvalue weighted by molar-refractivity contribution is 5.31. The first-order chi connectivity index (χ1) is 9.78. The fraction of sp³-hybridized carbons (Fsp3) is 0.375. The zero-order valence-electron chi connectivity index (χ0n) is 11.6. The predicted octanol–water partition coefficient (Wildman–Crippen LogP) is 2.25. The molecule has 1 aromatic heterocycles. The summed E-state index contributed by atoms with van der Waals surface area (Å²) in [6.07, 6.45) is 4.63. The van der Waals surface area contributed by atoms with Gasteiger partial charge in [0.25, 0.3) is 0 Å². The van der Waals surface area contributed by atoms with Gasteiger partial charge in [-0.3, -0.25) is 9.89 Å². The van der Waals surface area contributed by atoms with Gasteiger partial charge in [-0.15, -0.1) is 0 Å². The minimum absolute atomic E-state index is 0.120. The van der Waals surface area contributed by atoms with Crippen LogP contribution in [-0.2, 0) is 19.3 Å². The van der Waals surface area contributed by atoms with E-state index in [1.54, 1.807) is 7.11 Å². The largest absolute Gasteiger partial charge is 0.497 e. The van der Waals surface area contributed by atoms with E-state index in [2.05, 4.69) is 10.2 Å². The molecule has 1 heterocycles. The Hall–Kier alpha value is -2.10. The summed E-state index contributed by atoms with van der Waals surface area (Å²) in [4.78, 5) is 12.4. The van der Waals surface area contributed by atoms with E-state index in [1.165, 1.54) is 0 Å². The number of nitrogens with one attached hydrogen (secondary N) is 1. The zero-order valence-corrected chi connectivity index (χ0v) is 11.6. The lowest BCUT2D eigenvalue weighted by Gasteiger charge is -2.14. The van der Waals surface area contributed by atoms with Gasteiger partial charge in [-0.2, -0.15) is 5.10 Å². The molecule has 0 saturated heterocycles. The first-order valence-corrected chi connectivity index (χ1v) is 7.00. The van der Waals surface area contributed by atoms with Crippen LogP contribution in [0, 0.1) is 0 Å². The maximum atomic E-state index is 12.4. The van der Waals surface area contributed by atoms with Crippen molar-refractivity contribution in [2.75, 3.05) is 7.11 Å². The monoisotopic (exact) mass is 270 g/mol. The van der Waals surface area contributed by atoms with E-state index in [4.69, 9.17) is 4.74 Å². The lowest BCUT2D eigenvalue weighted by atomic mass is 9.95. The number of benzene rings is 1. The fourth-order valence-corrected chi connectivity index (χ4v) is 2.70. The Morgan fingerprint density at radius 3 is 2.70 bits per heavy atom. The Balaban J connectivity index is 1.88. The molecule has 0 atom stereocenters. The Bertz CT molecular complexity index is 659. The van der Waals surface area contributed by atoms with Crippen LogP contribution in [0.2, 0.25) is 0 Å². The quantitative estimate of drug-likeness (QED) is 0.930. The van der Waals surface area contributed by atoms with Crippen molar-refractivity contribution in [1.82, 2.24) is 10.2 Å². The van der Waals surface area contributed by atoms with Crippen molar-refractivity contribution >= 4 is 0 Å². The van der Waals surface area contributed by atoms with E-state index in [-0.39, 0.29) is 5.43 Å². The van der Waals surface area contributed by atoms with Crippen molar-refractivity contribution in [2.24, 2.45) is 0 Å². The van der Waals surface area contributed by atoms with Crippen LogP contribution in [0.3, 0.4) is 0 Å². The van der Waals surface area contributed by atoms with Crippen LogP contribution < -0.4 is 10.2 Å². The first-order valence-electron chi connectivity index (χ1n) is 7.00. The third-order valence-electron chi connectivity index (χ3n) is 3.86. The van der Waals surface area contributed by atoms with Crippen molar-refractivity contribution in [3.05, 3.63) is 57.0 Å². The molecule has 0 saturated carbocycles. The van der Waals surface area contributed by atoms with Gasteiger partial charge in [-0.25, -0.2) is 0 Å². The first kappa shape index (κ1) is 12.9. The second kappa shape index (κ2) is 5.49. The molecule has 0 spiro atoms. The lowest BCUT2D eigenvalue weighted by Crippen LogP contribution is -2.23. The predicted molar refractivity (Wildman–Crippen MR) is 77.3 cm³/mol. The summed E-state index contributed by atoms with van der Waals surface area (Å²) in [5, 5.41) is 7.33. The molecule has 0 radical (unpaired) electrons. The minimum Gasteiger partial charge on any atom is -0.497 e. The van der Waals surface area contributed by atoms with E-state index < -0.39 is 0 Å². The van der Waals surface area contributed by atoms with Crippen LogP contribution in [-0.4, -0.2) is 17.3 Å². The smallest absolute Gasteiger partial charge is 0.207 e. The number of nitrogens with zero attached hydrogens (tertiary/aromatic N) is 1. The molecule has 20 heavy (non-hydrogen) atoms. The van der Waals surface area contributed by atoms with Crippen molar-refractivity contribution in [3.63, 3.8) is 0 Å². The van der Waals surface area contributed by atoms with Gasteiger partial charge in [-0.05, 0) is 43.4 Å². The third kappa shape index (κ3) is 2.46. The number of H-pyrrole nitrogens is 1. The van der Waals surface area contributed by atoms with E-state index in [1.807, 2.05) is 24.3 Å². The molecule has 4 heteroatoms. The lowest BCUT2D eigenvalue weighted by molar-refractivity contribution is 0.414. The van der Waals surface area contributed by atoms with Gasteiger partial charge in [0.15, 0.2) is 0 Å². The highest BCUT2D eigenvalue weighted by atomic mass is 16.5. The van der Waals surface area contributed by atoms with Gasteiger partial charge in [0.05, 0.1) is 7.11 Å². The van der Waals surface area contributed by atoms with E-state index in [0.717, 1.165) is 48.3 Å². The molecule has 1 aromatic carbocycles. The van der Waals surface area contributed by atoms with Crippen LogP contribution in [0.15, 0.2) is 29.1 Å². The number of aryl methyl sites for hydroxylation is 1. The fourth-order valence-electron chi connectivity index (χ4n) is 2.70. The number of methoxy groups -OCH3 is 1. The molecule has 1 N–H and O–H groups in total. The van der Waals surface area contributed by atoms with Crippen LogP contribution in [0.5, 0.6) is 5.75 Å². The summed E-state index contributed by atoms with van der Waals surface area (Å²) in [7, 11) is 1.64. The average Bonchev–Trinajstić information content (AvgIpc) is 2.51. The molecule has 4 nitrogen and oxygen atoms in total. The maximum Gasteiger partial charge on any atom is 0.207 e. The van der Waals surface area contributed by atoms with E-state index in [0.29, 0.717) is 12.1 Å². The number of hydrogen-bond donors (Lipinski definition) is 1. The molecular formula is C16H18N2O2. The van der Waals surface area contributed by atoms with Gasteiger partial charge in [-0.1, -0.05) is 12.1 Å². The Labute approximate surface area is 117 Å². The van der Waals surface area contributed by atoms with Crippen LogP contribution in [0.4, 0.5) is 0 Å². The number of rotatable bonds is 3. The van der Waals surface area contributed by atoms with Gasteiger partial charge >= 0.3 is 0 Å². The second-order valence-corrected chi connectivity index (χ2v) is 5.19. The maximum absolute atomic E-state index is 12.4. The summed E-state index contributed by atoms with van der Waals surface area (Å²) < 4.78 is 5.13. The molecular weight excluding hydrogens is 252 g/mol. The molecule has 104 valence electrons. The topological polar surface area (TPSA) is 55.0 Å². The standard InChI is InChI=1S/C16H18N2O2/c1-20-12-8-6-11(7-9-12)10-15-16(19)13-4-2-3-5-14(13)17-18-15/h6-9H,2-5,10H2,1H3,(H,17,19). The summed E-state index contributed by atoms with van der Waals surface area (Å²) >= 11 is 0. The number of aromatic nitrogens is 2. The third-order valence-corrected chi connectivity index (χ3v) is 3.86. The number of ether oxygens (including phenoxy) is 1. The average molecular weight is 270 g/mol. The van der Waals surface area contributed by atoms with Crippen molar-refractivity contribution in [2.45, 2.75) is 32.1 Å². The molecule has 0 unspecified atom stereocenters. The Kier molecular flexibility index (Phi) is 3.54. The summed E-state index contributed by atoms with van der Waals surface area (Å²) in [6.45, 7) is 0. The number of aromatic amines is 1. The van der Waals surface area contributed by atoms with E-state index in [9.17, 15) is 4.79 Å². The number of fused-ring (bicyclic) bond motifs is 1. The van der Waals surface area contributed by atoms with Gasteiger partial charge in [0.2, 0.25) is 5.43 Å².